The highest BCUT2D eigenvalue weighted by atomic mass is 16.2. The number of aromatic nitrogens is 2. The van der Waals surface area contributed by atoms with Crippen molar-refractivity contribution >= 4 is 11.9 Å². The molecule has 2 aliphatic carbocycles. The first-order valence-corrected chi connectivity index (χ1v) is 9.61. The fourth-order valence-corrected chi connectivity index (χ4v) is 3.53. The highest BCUT2D eigenvalue weighted by molar-refractivity contribution is 5.84. The third-order valence-electron chi connectivity index (χ3n) is 5.10. The van der Waals surface area contributed by atoms with Crippen molar-refractivity contribution in [2.75, 3.05) is 6.54 Å². The van der Waals surface area contributed by atoms with Gasteiger partial charge in [0.25, 0.3) is 0 Å². The highest BCUT2D eigenvalue weighted by Crippen LogP contribution is 2.29. The Labute approximate surface area is 158 Å². The van der Waals surface area contributed by atoms with Crippen molar-refractivity contribution in [3.63, 3.8) is 0 Å². The fraction of sp³-hybridized carbons (Fsp3) is 0.450. The van der Waals surface area contributed by atoms with E-state index in [0.29, 0.717) is 0 Å². The van der Waals surface area contributed by atoms with E-state index in [9.17, 15) is 9.59 Å². The van der Waals surface area contributed by atoms with E-state index in [2.05, 4.69) is 33.2 Å². The summed E-state index contributed by atoms with van der Waals surface area (Å²) in [5, 5.41) is 13.0. The normalized spacial score (nSPS) is 18.4. The summed E-state index contributed by atoms with van der Waals surface area (Å²) in [7, 11) is 0. The quantitative estimate of drug-likeness (QED) is 0.728. The Balaban J connectivity index is 1.35. The second-order valence-corrected chi connectivity index (χ2v) is 7.30. The van der Waals surface area contributed by atoms with Crippen LogP contribution in [0, 0.1) is 0 Å². The van der Waals surface area contributed by atoms with E-state index in [1.54, 1.807) is 0 Å². The lowest BCUT2D eigenvalue weighted by Gasteiger charge is -2.24. The molecular weight excluding hydrogens is 342 g/mol. The lowest BCUT2D eigenvalue weighted by Crippen LogP contribution is -2.43. The predicted molar refractivity (Wildman–Crippen MR) is 101 cm³/mol. The Morgan fingerprint density at radius 3 is 2.70 bits per heavy atom. The molecule has 7 heteroatoms. The maximum atomic E-state index is 12.2. The largest absolute Gasteiger partial charge is 0.348 e. The minimum Gasteiger partial charge on any atom is -0.348 e. The first-order chi connectivity index (χ1) is 13.2. The van der Waals surface area contributed by atoms with Gasteiger partial charge in [-0.3, -0.25) is 9.48 Å². The van der Waals surface area contributed by atoms with E-state index in [4.69, 9.17) is 0 Å². The summed E-state index contributed by atoms with van der Waals surface area (Å²) < 4.78 is 2.03. The van der Waals surface area contributed by atoms with Gasteiger partial charge in [0.15, 0.2) is 0 Å². The van der Waals surface area contributed by atoms with Gasteiger partial charge in [-0.1, -0.05) is 30.3 Å². The maximum absolute atomic E-state index is 12.2. The van der Waals surface area contributed by atoms with E-state index in [1.807, 2.05) is 29.1 Å². The molecule has 0 unspecified atom stereocenters. The van der Waals surface area contributed by atoms with Crippen LogP contribution in [-0.4, -0.2) is 34.3 Å². The standard InChI is InChI=1S/C20H25N5O2/c26-19(12-21-20(27)23-15-9-10-15)24-17-7-4-8-18-16(17)11-22-25(18)13-14-5-2-1-3-6-14/h1-3,5-6,11,15,17H,4,7-10,12-13H2,(H,24,26)(H2,21,23,27)/t17-/m1/s1. The molecule has 1 atom stereocenters. The van der Waals surface area contributed by atoms with Gasteiger partial charge in [0.1, 0.15) is 0 Å². The summed E-state index contributed by atoms with van der Waals surface area (Å²) in [5.41, 5.74) is 3.49. The van der Waals surface area contributed by atoms with Gasteiger partial charge in [-0.15, -0.1) is 0 Å². The Kier molecular flexibility index (Phi) is 5.09. The highest BCUT2D eigenvalue weighted by Gasteiger charge is 2.26. The third kappa shape index (κ3) is 4.48. The fourth-order valence-electron chi connectivity index (χ4n) is 3.53. The molecule has 2 aliphatic rings. The van der Waals surface area contributed by atoms with Gasteiger partial charge in [0.2, 0.25) is 5.91 Å². The Hall–Kier alpha value is -2.83. The number of amides is 3. The second-order valence-electron chi connectivity index (χ2n) is 7.30. The minimum absolute atomic E-state index is 0.0114. The number of rotatable bonds is 6. The monoisotopic (exact) mass is 367 g/mol. The molecule has 1 saturated carbocycles. The van der Waals surface area contributed by atoms with Crippen molar-refractivity contribution in [3.8, 4) is 0 Å². The Bertz CT molecular complexity index is 813. The van der Waals surface area contributed by atoms with Crippen molar-refractivity contribution in [2.24, 2.45) is 0 Å². The molecule has 1 aromatic heterocycles. The molecule has 0 saturated heterocycles. The number of carbonyl (C=O) groups is 2. The van der Waals surface area contributed by atoms with Crippen LogP contribution in [0.25, 0.3) is 0 Å². The molecule has 0 bridgehead atoms. The molecule has 2 aromatic rings. The van der Waals surface area contributed by atoms with Crippen LogP contribution in [0.3, 0.4) is 0 Å². The summed E-state index contributed by atoms with van der Waals surface area (Å²) in [4.78, 5) is 23.9. The van der Waals surface area contributed by atoms with E-state index in [1.165, 1.54) is 11.3 Å². The SMILES string of the molecule is O=C(CNC(=O)NC1CC1)N[C@@H]1CCCc2c1cnn2Cc1ccccc1. The summed E-state index contributed by atoms with van der Waals surface area (Å²) in [6.45, 7) is 0.724. The molecule has 0 spiro atoms. The number of carbonyl (C=O) groups excluding carboxylic acids is 2. The molecule has 0 aliphatic heterocycles. The van der Waals surface area contributed by atoms with E-state index >= 15 is 0 Å². The second kappa shape index (κ2) is 7.82. The van der Waals surface area contributed by atoms with E-state index in [0.717, 1.165) is 44.2 Å². The molecule has 1 aromatic carbocycles. The molecule has 27 heavy (non-hydrogen) atoms. The summed E-state index contributed by atoms with van der Waals surface area (Å²) >= 11 is 0. The first kappa shape index (κ1) is 17.6. The number of nitrogens with zero attached hydrogens (tertiary/aromatic N) is 2. The van der Waals surface area contributed by atoms with Crippen LogP contribution in [0.5, 0.6) is 0 Å². The molecule has 3 N–H and O–H groups in total. The van der Waals surface area contributed by atoms with Crippen LogP contribution in [0.15, 0.2) is 36.5 Å². The summed E-state index contributed by atoms with van der Waals surface area (Å²) in [6.07, 6.45) is 6.79. The van der Waals surface area contributed by atoms with Crippen LogP contribution in [0.4, 0.5) is 4.79 Å². The van der Waals surface area contributed by atoms with Gasteiger partial charge in [0.05, 0.1) is 25.3 Å². The Morgan fingerprint density at radius 2 is 1.93 bits per heavy atom. The average molecular weight is 367 g/mol. The minimum atomic E-state index is -0.271. The summed E-state index contributed by atoms with van der Waals surface area (Å²) in [5.74, 6) is -0.172. The number of hydrogen-bond acceptors (Lipinski definition) is 3. The molecule has 142 valence electrons. The summed E-state index contributed by atoms with van der Waals surface area (Å²) in [6, 6.07) is 10.2. The topological polar surface area (TPSA) is 88.1 Å². The van der Waals surface area contributed by atoms with Crippen LogP contribution in [0.1, 0.15) is 48.5 Å². The van der Waals surface area contributed by atoms with Crippen LogP contribution in [0.2, 0.25) is 0 Å². The molecule has 1 fully saturated rings. The van der Waals surface area contributed by atoms with Gasteiger partial charge in [-0.25, -0.2) is 4.79 Å². The molecular formula is C20H25N5O2. The van der Waals surface area contributed by atoms with Gasteiger partial charge in [-0.05, 0) is 37.7 Å². The lowest BCUT2D eigenvalue weighted by molar-refractivity contribution is -0.120. The van der Waals surface area contributed by atoms with Crippen molar-refractivity contribution in [1.29, 1.82) is 0 Å². The van der Waals surface area contributed by atoms with E-state index in [-0.39, 0.29) is 30.6 Å². The first-order valence-electron chi connectivity index (χ1n) is 9.61. The van der Waals surface area contributed by atoms with Gasteiger partial charge in [0, 0.05) is 17.3 Å². The molecule has 0 radical (unpaired) electrons. The van der Waals surface area contributed by atoms with Gasteiger partial charge < -0.3 is 16.0 Å². The lowest BCUT2D eigenvalue weighted by atomic mass is 9.93. The van der Waals surface area contributed by atoms with Crippen molar-refractivity contribution in [1.82, 2.24) is 25.7 Å². The predicted octanol–water partition coefficient (Wildman–Crippen LogP) is 1.89. The molecule has 7 nitrogen and oxygen atoms in total. The van der Waals surface area contributed by atoms with Gasteiger partial charge >= 0.3 is 6.03 Å². The zero-order valence-corrected chi connectivity index (χ0v) is 15.3. The van der Waals surface area contributed by atoms with Crippen LogP contribution in [-0.2, 0) is 17.8 Å². The number of nitrogens with one attached hydrogen (secondary N) is 3. The van der Waals surface area contributed by atoms with Gasteiger partial charge in [-0.2, -0.15) is 5.10 Å². The van der Waals surface area contributed by atoms with Crippen molar-refractivity contribution in [3.05, 3.63) is 53.3 Å². The van der Waals surface area contributed by atoms with E-state index < -0.39 is 0 Å². The van der Waals surface area contributed by atoms with Crippen molar-refractivity contribution < 1.29 is 9.59 Å². The number of hydrogen-bond donors (Lipinski definition) is 3. The zero-order valence-electron chi connectivity index (χ0n) is 15.3. The Morgan fingerprint density at radius 1 is 1.11 bits per heavy atom. The average Bonchev–Trinajstić information content (AvgIpc) is 3.40. The molecule has 1 heterocycles. The van der Waals surface area contributed by atoms with Crippen LogP contribution >= 0.6 is 0 Å². The molecule has 3 amide bonds. The number of fused-ring (bicyclic) bond motifs is 1. The maximum Gasteiger partial charge on any atom is 0.315 e. The number of benzene rings is 1. The van der Waals surface area contributed by atoms with Crippen molar-refractivity contribution in [2.45, 2.75) is 50.7 Å². The molecule has 4 rings (SSSR count). The number of urea groups is 1. The zero-order chi connectivity index (χ0) is 18.6. The third-order valence-corrected chi connectivity index (χ3v) is 5.10. The smallest absolute Gasteiger partial charge is 0.315 e. The van der Waals surface area contributed by atoms with Crippen LogP contribution < -0.4 is 16.0 Å².